The highest BCUT2D eigenvalue weighted by atomic mass is 16.3. The Hall–Kier alpha value is -2.50. The lowest BCUT2D eigenvalue weighted by Gasteiger charge is -2.13. The molecule has 106 valence electrons. The quantitative estimate of drug-likeness (QED) is 0.740. The maximum absolute atomic E-state index is 11.3. The zero-order valence-corrected chi connectivity index (χ0v) is 11.6. The number of amides is 2. The minimum absolute atomic E-state index is 0.129. The van der Waals surface area contributed by atoms with E-state index in [1.807, 2.05) is 12.1 Å². The number of benzene rings is 1. The van der Waals surface area contributed by atoms with Crippen LogP contribution >= 0.6 is 0 Å². The summed E-state index contributed by atoms with van der Waals surface area (Å²) in [6.07, 6.45) is 1.71. The predicted molar refractivity (Wildman–Crippen MR) is 79.0 cm³/mol. The van der Waals surface area contributed by atoms with Crippen LogP contribution in [0.1, 0.15) is 0 Å². The number of phenols is 1. The number of pyridine rings is 1. The van der Waals surface area contributed by atoms with Crippen molar-refractivity contribution in [3.63, 3.8) is 0 Å². The number of aromatic nitrogens is 1. The fourth-order valence-electron chi connectivity index (χ4n) is 1.81. The summed E-state index contributed by atoms with van der Waals surface area (Å²) in [5.74, 6) is 0.895. The second kappa shape index (κ2) is 6.10. The molecule has 2 amide bonds. The smallest absolute Gasteiger partial charge is 0.316 e. The van der Waals surface area contributed by atoms with Crippen molar-refractivity contribution >= 4 is 22.6 Å². The number of carbonyl (C=O) groups is 1. The van der Waals surface area contributed by atoms with Gasteiger partial charge in [-0.15, -0.1) is 0 Å². The van der Waals surface area contributed by atoms with Crippen LogP contribution in [-0.4, -0.2) is 48.2 Å². The summed E-state index contributed by atoms with van der Waals surface area (Å²) >= 11 is 0. The van der Waals surface area contributed by atoms with Crippen LogP contribution < -0.4 is 10.6 Å². The second-order valence-electron chi connectivity index (χ2n) is 4.62. The van der Waals surface area contributed by atoms with Crippen molar-refractivity contribution in [2.75, 3.05) is 32.5 Å². The number of fused-ring (bicyclic) bond motifs is 1. The van der Waals surface area contributed by atoms with Gasteiger partial charge in [0.15, 0.2) is 0 Å². The van der Waals surface area contributed by atoms with E-state index in [1.165, 1.54) is 4.90 Å². The molecule has 1 aromatic heterocycles. The van der Waals surface area contributed by atoms with Gasteiger partial charge in [-0.2, -0.15) is 0 Å². The molecule has 3 N–H and O–H groups in total. The molecule has 0 saturated heterocycles. The molecule has 0 aliphatic rings. The van der Waals surface area contributed by atoms with Gasteiger partial charge in [-0.05, 0) is 23.6 Å². The van der Waals surface area contributed by atoms with Crippen LogP contribution in [0, 0.1) is 0 Å². The molecular formula is C14H18N4O2. The normalized spacial score (nSPS) is 10.3. The van der Waals surface area contributed by atoms with Gasteiger partial charge in [0.2, 0.25) is 0 Å². The number of nitrogens with zero attached hydrogens (tertiary/aromatic N) is 2. The molecule has 0 atom stereocenters. The van der Waals surface area contributed by atoms with E-state index in [-0.39, 0.29) is 11.8 Å². The summed E-state index contributed by atoms with van der Waals surface area (Å²) in [4.78, 5) is 17.1. The Balaban J connectivity index is 2.00. The molecule has 0 aliphatic heterocycles. The molecule has 2 rings (SSSR count). The average Bonchev–Trinajstić information content (AvgIpc) is 2.43. The van der Waals surface area contributed by atoms with Crippen LogP contribution in [0.3, 0.4) is 0 Å². The van der Waals surface area contributed by atoms with Crippen molar-refractivity contribution in [3.8, 4) is 5.75 Å². The number of anilines is 1. The van der Waals surface area contributed by atoms with E-state index in [4.69, 9.17) is 0 Å². The van der Waals surface area contributed by atoms with Gasteiger partial charge in [-0.25, -0.2) is 9.78 Å². The van der Waals surface area contributed by atoms with Gasteiger partial charge in [-0.1, -0.05) is 6.07 Å². The molecule has 1 aromatic carbocycles. The highest BCUT2D eigenvalue weighted by Gasteiger charge is 2.04. The number of carbonyl (C=O) groups excluding carboxylic acids is 1. The Morgan fingerprint density at radius 2 is 2.10 bits per heavy atom. The van der Waals surface area contributed by atoms with Gasteiger partial charge in [0.05, 0.1) is 0 Å². The topological polar surface area (TPSA) is 77.5 Å². The lowest BCUT2D eigenvalue weighted by atomic mass is 10.1. The SMILES string of the molecule is CN(C)C(=O)NCCNc1nccc2ccc(O)cc12. The van der Waals surface area contributed by atoms with Crippen LogP contribution in [0.15, 0.2) is 30.5 Å². The third kappa shape index (κ3) is 3.28. The number of hydrogen-bond donors (Lipinski definition) is 3. The fourth-order valence-corrected chi connectivity index (χ4v) is 1.81. The Morgan fingerprint density at radius 1 is 1.30 bits per heavy atom. The van der Waals surface area contributed by atoms with E-state index >= 15 is 0 Å². The monoisotopic (exact) mass is 274 g/mol. The summed E-state index contributed by atoms with van der Waals surface area (Å²) in [5, 5.41) is 17.3. The lowest BCUT2D eigenvalue weighted by molar-refractivity contribution is 0.218. The van der Waals surface area contributed by atoms with Crippen LogP contribution in [0.25, 0.3) is 10.8 Å². The number of nitrogens with one attached hydrogen (secondary N) is 2. The molecule has 6 nitrogen and oxygen atoms in total. The molecule has 0 bridgehead atoms. The van der Waals surface area contributed by atoms with Gasteiger partial charge in [0, 0.05) is 38.8 Å². The first-order chi connectivity index (χ1) is 9.58. The zero-order chi connectivity index (χ0) is 14.5. The Morgan fingerprint density at radius 3 is 2.85 bits per heavy atom. The third-order valence-corrected chi connectivity index (χ3v) is 2.85. The summed E-state index contributed by atoms with van der Waals surface area (Å²) < 4.78 is 0. The number of aromatic hydroxyl groups is 1. The Bertz CT molecular complexity index is 613. The molecule has 6 heteroatoms. The molecular weight excluding hydrogens is 256 g/mol. The number of rotatable bonds is 4. The van der Waals surface area contributed by atoms with Gasteiger partial charge in [0.25, 0.3) is 0 Å². The molecule has 0 unspecified atom stereocenters. The fraction of sp³-hybridized carbons (Fsp3) is 0.286. The number of hydrogen-bond acceptors (Lipinski definition) is 4. The van der Waals surface area contributed by atoms with E-state index < -0.39 is 0 Å². The molecule has 20 heavy (non-hydrogen) atoms. The van der Waals surface area contributed by atoms with Gasteiger partial charge in [0.1, 0.15) is 11.6 Å². The first kappa shape index (κ1) is 13.9. The van der Waals surface area contributed by atoms with Crippen LogP contribution in [-0.2, 0) is 0 Å². The highest BCUT2D eigenvalue weighted by molar-refractivity contribution is 5.92. The largest absolute Gasteiger partial charge is 0.508 e. The van der Waals surface area contributed by atoms with Crippen molar-refractivity contribution < 1.29 is 9.90 Å². The minimum atomic E-state index is -0.129. The summed E-state index contributed by atoms with van der Waals surface area (Å²) in [6, 6.07) is 6.90. The van der Waals surface area contributed by atoms with Crippen molar-refractivity contribution in [2.24, 2.45) is 0 Å². The first-order valence-corrected chi connectivity index (χ1v) is 6.34. The predicted octanol–water partition coefficient (Wildman–Crippen LogP) is 1.62. The molecule has 0 fully saturated rings. The van der Waals surface area contributed by atoms with Crippen LogP contribution in [0.4, 0.5) is 10.6 Å². The Labute approximate surface area is 117 Å². The van der Waals surface area contributed by atoms with E-state index in [9.17, 15) is 9.90 Å². The van der Waals surface area contributed by atoms with Crippen LogP contribution in [0.5, 0.6) is 5.75 Å². The van der Waals surface area contributed by atoms with E-state index in [1.54, 1.807) is 32.4 Å². The molecule has 0 radical (unpaired) electrons. The molecule has 0 spiro atoms. The number of urea groups is 1. The zero-order valence-electron chi connectivity index (χ0n) is 11.6. The average molecular weight is 274 g/mol. The maximum atomic E-state index is 11.3. The van der Waals surface area contributed by atoms with E-state index in [0.29, 0.717) is 18.9 Å². The van der Waals surface area contributed by atoms with E-state index in [0.717, 1.165) is 10.8 Å². The molecule has 2 aromatic rings. The molecule has 1 heterocycles. The van der Waals surface area contributed by atoms with E-state index in [2.05, 4.69) is 15.6 Å². The first-order valence-electron chi connectivity index (χ1n) is 6.34. The second-order valence-corrected chi connectivity index (χ2v) is 4.62. The maximum Gasteiger partial charge on any atom is 0.316 e. The summed E-state index contributed by atoms with van der Waals surface area (Å²) in [6.45, 7) is 1.05. The minimum Gasteiger partial charge on any atom is -0.508 e. The van der Waals surface area contributed by atoms with Gasteiger partial charge >= 0.3 is 6.03 Å². The van der Waals surface area contributed by atoms with Crippen molar-refractivity contribution in [3.05, 3.63) is 30.5 Å². The Kier molecular flexibility index (Phi) is 4.24. The van der Waals surface area contributed by atoms with Crippen molar-refractivity contribution in [1.82, 2.24) is 15.2 Å². The molecule has 0 aliphatic carbocycles. The summed E-state index contributed by atoms with van der Waals surface area (Å²) in [7, 11) is 3.38. The number of phenolic OH excluding ortho intramolecular Hbond substituents is 1. The van der Waals surface area contributed by atoms with Crippen molar-refractivity contribution in [1.29, 1.82) is 0 Å². The van der Waals surface area contributed by atoms with Gasteiger partial charge in [-0.3, -0.25) is 0 Å². The van der Waals surface area contributed by atoms with Crippen molar-refractivity contribution in [2.45, 2.75) is 0 Å². The third-order valence-electron chi connectivity index (χ3n) is 2.85. The highest BCUT2D eigenvalue weighted by Crippen LogP contribution is 2.24. The standard InChI is InChI=1S/C14H18N4O2/c1-18(2)14(20)17-8-7-16-13-12-9-11(19)4-3-10(12)5-6-15-13/h3-6,9,19H,7-8H2,1-2H3,(H,15,16)(H,17,20). The lowest BCUT2D eigenvalue weighted by Crippen LogP contribution is -2.37. The molecule has 0 saturated carbocycles. The summed E-state index contributed by atoms with van der Waals surface area (Å²) in [5.41, 5.74) is 0. The van der Waals surface area contributed by atoms with Gasteiger partial charge < -0.3 is 20.6 Å². The van der Waals surface area contributed by atoms with Crippen LogP contribution in [0.2, 0.25) is 0 Å².